The van der Waals surface area contributed by atoms with Crippen molar-refractivity contribution in [3.8, 4) is 11.5 Å². The highest BCUT2D eigenvalue weighted by Crippen LogP contribution is 2.68. The normalized spacial score (nSPS) is 39.2. The molecule has 0 heterocycles. The van der Waals surface area contributed by atoms with Gasteiger partial charge < -0.3 is 10.2 Å². The Morgan fingerprint density at radius 3 is 2.54 bits per heavy atom. The van der Waals surface area contributed by atoms with E-state index in [0.717, 1.165) is 18.4 Å². The number of benzene rings is 1. The van der Waals surface area contributed by atoms with Crippen LogP contribution in [0, 0.1) is 22.2 Å². The highest BCUT2D eigenvalue weighted by atomic mass is 16.3. The van der Waals surface area contributed by atoms with Crippen LogP contribution < -0.4 is 0 Å². The van der Waals surface area contributed by atoms with Crippen molar-refractivity contribution in [1.29, 1.82) is 0 Å². The van der Waals surface area contributed by atoms with Crippen molar-refractivity contribution in [3.05, 3.63) is 35.4 Å². The summed E-state index contributed by atoms with van der Waals surface area (Å²) in [5.41, 5.74) is 2.91. The first kappa shape index (κ1) is 17.4. The van der Waals surface area contributed by atoms with Crippen molar-refractivity contribution < 1.29 is 10.2 Å². The first-order valence-corrected chi connectivity index (χ1v) is 9.32. The number of hydrogen-bond donors (Lipinski definition) is 2. The summed E-state index contributed by atoms with van der Waals surface area (Å²) < 4.78 is 0. The molecule has 0 bridgehead atoms. The highest BCUT2D eigenvalue weighted by molar-refractivity contribution is 5.40. The first-order chi connectivity index (χ1) is 11.1. The van der Waals surface area contributed by atoms with Crippen molar-refractivity contribution in [2.45, 2.75) is 66.7 Å². The Hall–Kier alpha value is -1.44. The second-order valence-electron chi connectivity index (χ2n) is 8.94. The molecule has 1 aromatic rings. The van der Waals surface area contributed by atoms with E-state index in [2.05, 4.69) is 40.7 Å². The van der Waals surface area contributed by atoms with Gasteiger partial charge in [0.15, 0.2) is 0 Å². The Kier molecular flexibility index (Phi) is 4.01. The summed E-state index contributed by atoms with van der Waals surface area (Å²) in [6, 6.07) is 4.92. The number of phenols is 2. The zero-order valence-corrected chi connectivity index (χ0v) is 15.8. The monoisotopic (exact) mass is 328 g/mol. The standard InChI is InChI=1S/C22H32O2/c1-15-7-6-11-22(5)20(15,3)12-10-16(2)21(22,4)14-17-13-18(23)8-9-19(17)24/h7-9,13,16,23-24H,6,10-12,14H2,1-5H3/t16-,20+,21+,22+/m0/s1. The fourth-order valence-electron chi connectivity index (χ4n) is 5.75. The van der Waals surface area contributed by atoms with Gasteiger partial charge in [-0.05, 0) is 85.0 Å². The van der Waals surface area contributed by atoms with E-state index in [0.29, 0.717) is 11.7 Å². The van der Waals surface area contributed by atoms with Crippen LogP contribution in [0.4, 0.5) is 0 Å². The minimum atomic E-state index is 0.0841. The molecule has 1 aromatic carbocycles. The number of allylic oxidation sites excluding steroid dienone is 2. The molecule has 2 aliphatic rings. The Labute approximate surface area is 146 Å². The smallest absolute Gasteiger partial charge is 0.119 e. The molecule has 1 saturated carbocycles. The van der Waals surface area contributed by atoms with Crippen molar-refractivity contribution in [1.82, 2.24) is 0 Å². The van der Waals surface area contributed by atoms with Crippen molar-refractivity contribution in [2.75, 3.05) is 0 Å². The van der Waals surface area contributed by atoms with Crippen molar-refractivity contribution in [2.24, 2.45) is 22.2 Å². The summed E-state index contributed by atoms with van der Waals surface area (Å²) in [6.07, 6.45) is 8.05. The molecule has 24 heavy (non-hydrogen) atoms. The second kappa shape index (κ2) is 5.54. The third kappa shape index (κ3) is 2.22. The number of phenolic OH excluding ortho intramolecular Hbond substituents is 2. The molecule has 0 aliphatic heterocycles. The van der Waals surface area contributed by atoms with Crippen LogP contribution in [0.15, 0.2) is 29.8 Å². The number of fused-ring (bicyclic) bond motifs is 1. The van der Waals surface area contributed by atoms with Crippen LogP contribution in [-0.2, 0) is 6.42 Å². The molecule has 2 N–H and O–H groups in total. The fourth-order valence-corrected chi connectivity index (χ4v) is 5.75. The molecule has 0 amide bonds. The van der Waals surface area contributed by atoms with Gasteiger partial charge in [0.2, 0.25) is 0 Å². The van der Waals surface area contributed by atoms with E-state index < -0.39 is 0 Å². The quantitative estimate of drug-likeness (QED) is 0.530. The van der Waals surface area contributed by atoms with Crippen LogP contribution in [0.3, 0.4) is 0 Å². The number of hydrogen-bond acceptors (Lipinski definition) is 2. The summed E-state index contributed by atoms with van der Waals surface area (Å²) in [7, 11) is 0. The number of aromatic hydroxyl groups is 2. The zero-order valence-electron chi connectivity index (χ0n) is 15.8. The van der Waals surface area contributed by atoms with E-state index in [1.165, 1.54) is 24.8 Å². The van der Waals surface area contributed by atoms with Crippen LogP contribution in [0.5, 0.6) is 11.5 Å². The van der Waals surface area contributed by atoms with Gasteiger partial charge in [-0.15, -0.1) is 0 Å². The Morgan fingerprint density at radius 1 is 1.12 bits per heavy atom. The molecule has 2 aliphatic carbocycles. The van der Waals surface area contributed by atoms with Gasteiger partial charge in [0, 0.05) is 0 Å². The van der Waals surface area contributed by atoms with Gasteiger partial charge in [0.25, 0.3) is 0 Å². The predicted molar refractivity (Wildman–Crippen MR) is 99.2 cm³/mol. The van der Waals surface area contributed by atoms with Gasteiger partial charge in [-0.1, -0.05) is 39.3 Å². The molecule has 2 nitrogen and oxygen atoms in total. The van der Waals surface area contributed by atoms with Gasteiger partial charge in [-0.25, -0.2) is 0 Å². The lowest BCUT2D eigenvalue weighted by molar-refractivity contribution is -0.124. The minimum absolute atomic E-state index is 0.0841. The van der Waals surface area contributed by atoms with Crippen molar-refractivity contribution >= 4 is 0 Å². The van der Waals surface area contributed by atoms with Crippen LogP contribution in [0.1, 0.15) is 65.9 Å². The summed E-state index contributed by atoms with van der Waals surface area (Å²) in [5, 5.41) is 20.2. The summed E-state index contributed by atoms with van der Waals surface area (Å²) in [4.78, 5) is 0. The van der Waals surface area contributed by atoms with Crippen LogP contribution in [-0.4, -0.2) is 10.2 Å². The van der Waals surface area contributed by atoms with Crippen LogP contribution in [0.25, 0.3) is 0 Å². The Bertz CT molecular complexity index is 677. The second-order valence-corrected chi connectivity index (χ2v) is 8.94. The molecule has 0 unspecified atom stereocenters. The van der Waals surface area contributed by atoms with E-state index in [1.54, 1.807) is 18.2 Å². The lowest BCUT2D eigenvalue weighted by Crippen LogP contribution is -2.58. The van der Waals surface area contributed by atoms with Gasteiger partial charge in [0.05, 0.1) is 0 Å². The molecule has 0 spiro atoms. The van der Waals surface area contributed by atoms with Crippen molar-refractivity contribution in [3.63, 3.8) is 0 Å². The molecule has 0 saturated heterocycles. The highest BCUT2D eigenvalue weighted by Gasteiger charge is 2.61. The zero-order chi connectivity index (χ0) is 17.8. The maximum atomic E-state index is 10.3. The Morgan fingerprint density at radius 2 is 1.83 bits per heavy atom. The molecule has 2 heteroatoms. The summed E-state index contributed by atoms with van der Waals surface area (Å²) in [5.74, 6) is 1.13. The van der Waals surface area contributed by atoms with Gasteiger partial charge in [-0.2, -0.15) is 0 Å². The summed E-state index contributed by atoms with van der Waals surface area (Å²) in [6.45, 7) is 12.0. The van der Waals surface area contributed by atoms with Crippen LogP contribution >= 0.6 is 0 Å². The lowest BCUT2D eigenvalue weighted by Gasteiger charge is -2.65. The van der Waals surface area contributed by atoms with Crippen LogP contribution in [0.2, 0.25) is 0 Å². The molecule has 1 fully saturated rings. The molecule has 4 atom stereocenters. The van der Waals surface area contributed by atoms with Gasteiger partial charge in [0.1, 0.15) is 11.5 Å². The molecule has 3 rings (SSSR count). The largest absolute Gasteiger partial charge is 0.508 e. The third-order valence-corrected chi connectivity index (χ3v) is 8.23. The van der Waals surface area contributed by atoms with E-state index >= 15 is 0 Å². The lowest BCUT2D eigenvalue weighted by atomic mass is 9.39. The molecule has 0 radical (unpaired) electrons. The molecule has 0 aromatic heterocycles. The maximum Gasteiger partial charge on any atom is 0.119 e. The van der Waals surface area contributed by atoms with E-state index in [9.17, 15) is 10.2 Å². The third-order valence-electron chi connectivity index (χ3n) is 8.23. The summed E-state index contributed by atoms with van der Waals surface area (Å²) >= 11 is 0. The SMILES string of the molecule is CC1=CCC[C@]2(C)[C@]1(C)CC[C@H](C)[C@@]2(C)Cc1cc(O)ccc1O. The van der Waals surface area contributed by atoms with Gasteiger partial charge >= 0.3 is 0 Å². The Balaban J connectivity index is 2.09. The molecule has 132 valence electrons. The first-order valence-electron chi connectivity index (χ1n) is 9.32. The molecular formula is C22H32O2. The average Bonchev–Trinajstić information content (AvgIpc) is 2.52. The topological polar surface area (TPSA) is 40.5 Å². The van der Waals surface area contributed by atoms with E-state index in [1.807, 2.05) is 0 Å². The minimum Gasteiger partial charge on any atom is -0.508 e. The number of rotatable bonds is 2. The predicted octanol–water partition coefficient (Wildman–Crippen LogP) is 5.83. The van der Waals surface area contributed by atoms with Gasteiger partial charge in [-0.3, -0.25) is 0 Å². The fraction of sp³-hybridized carbons (Fsp3) is 0.636. The average molecular weight is 328 g/mol. The van der Waals surface area contributed by atoms with E-state index in [4.69, 9.17) is 0 Å². The van der Waals surface area contributed by atoms with E-state index in [-0.39, 0.29) is 22.0 Å². The molecular weight excluding hydrogens is 296 g/mol. The maximum absolute atomic E-state index is 10.3.